The number of aliphatic hydroxyl groups excluding tert-OH is 2. The number of hydrogen-bond donors (Lipinski definition) is 2. The summed E-state index contributed by atoms with van der Waals surface area (Å²) < 4.78 is 5.43. The molecule has 0 saturated heterocycles. The molecule has 136 valence electrons. The molecule has 0 rings (SSSR count). The van der Waals surface area contributed by atoms with Crippen LogP contribution in [0.4, 0.5) is 0 Å². The monoisotopic (exact) mass is 326 g/mol. The number of unbranched alkanes of at least 4 members (excludes halogenated alkanes) is 4. The van der Waals surface area contributed by atoms with Crippen LogP contribution >= 0.6 is 0 Å². The van der Waals surface area contributed by atoms with Crippen LogP contribution in [0.5, 0.6) is 0 Å². The molecule has 0 atom stereocenters. The lowest BCUT2D eigenvalue weighted by atomic mass is 10.0. The molecule has 23 heavy (non-hydrogen) atoms. The number of allylic oxidation sites excluding steroid dienone is 2. The molecule has 0 radical (unpaired) electrons. The minimum Gasteiger partial charge on any atom is -0.481 e. The van der Waals surface area contributed by atoms with E-state index < -0.39 is 0 Å². The number of rotatable bonds is 14. The van der Waals surface area contributed by atoms with Gasteiger partial charge >= 0.3 is 0 Å². The van der Waals surface area contributed by atoms with Gasteiger partial charge in [-0.2, -0.15) is 0 Å². The van der Waals surface area contributed by atoms with Crippen LogP contribution in [0.1, 0.15) is 105 Å². The summed E-state index contributed by atoms with van der Waals surface area (Å²) in [5.41, 5.74) is 1.87. The van der Waals surface area contributed by atoms with Crippen LogP contribution in [0.3, 0.4) is 0 Å². The highest BCUT2D eigenvalue weighted by molar-refractivity contribution is 5.08. The Labute approximate surface area is 143 Å². The fraction of sp³-hybridized carbons (Fsp3) is 0.800. The predicted molar refractivity (Wildman–Crippen MR) is 98.5 cm³/mol. The van der Waals surface area contributed by atoms with Crippen LogP contribution in [0.2, 0.25) is 0 Å². The quantitative estimate of drug-likeness (QED) is 0.329. The molecular formula is C20H38O3. The zero-order chi connectivity index (χ0) is 17.5. The molecule has 0 spiro atoms. The molecule has 0 amide bonds. The van der Waals surface area contributed by atoms with Crippen molar-refractivity contribution in [1.29, 1.82) is 0 Å². The summed E-state index contributed by atoms with van der Waals surface area (Å²) in [6.07, 6.45) is 11.9. The van der Waals surface area contributed by atoms with Crippen molar-refractivity contribution in [2.75, 3.05) is 0 Å². The second-order valence-electron chi connectivity index (χ2n) is 6.33. The Balaban J connectivity index is 5.03. The molecule has 0 aliphatic rings. The van der Waals surface area contributed by atoms with Crippen LogP contribution < -0.4 is 0 Å². The summed E-state index contributed by atoms with van der Waals surface area (Å²) in [5.74, 6) is -0.148. The van der Waals surface area contributed by atoms with E-state index >= 15 is 0 Å². The largest absolute Gasteiger partial charge is 0.481 e. The van der Waals surface area contributed by atoms with Gasteiger partial charge in [-0.05, 0) is 51.4 Å². The highest BCUT2D eigenvalue weighted by Crippen LogP contribution is 2.24. The van der Waals surface area contributed by atoms with E-state index in [1.807, 2.05) is 0 Å². The van der Waals surface area contributed by atoms with E-state index in [4.69, 9.17) is 4.74 Å². The maximum Gasteiger partial charge on any atom is 0.283 e. The number of aliphatic hydroxyl groups is 2. The average molecular weight is 327 g/mol. The summed E-state index contributed by atoms with van der Waals surface area (Å²) in [6.45, 7) is 8.56. The first-order valence-corrected chi connectivity index (χ1v) is 9.60. The van der Waals surface area contributed by atoms with E-state index in [1.165, 1.54) is 0 Å². The van der Waals surface area contributed by atoms with Crippen molar-refractivity contribution < 1.29 is 14.9 Å². The topological polar surface area (TPSA) is 49.7 Å². The smallest absolute Gasteiger partial charge is 0.283 e. The van der Waals surface area contributed by atoms with Crippen molar-refractivity contribution in [2.45, 2.75) is 105 Å². The molecule has 0 aliphatic heterocycles. The molecule has 0 aromatic rings. The van der Waals surface area contributed by atoms with Gasteiger partial charge in [0.05, 0.1) is 0 Å². The van der Waals surface area contributed by atoms with E-state index in [2.05, 4.69) is 27.7 Å². The van der Waals surface area contributed by atoms with Gasteiger partial charge in [0, 0.05) is 11.1 Å². The Morgan fingerprint density at radius 2 is 0.826 bits per heavy atom. The van der Waals surface area contributed by atoms with Crippen LogP contribution in [-0.2, 0) is 4.74 Å². The number of ether oxygens (including phenoxy) is 1. The van der Waals surface area contributed by atoms with Crippen LogP contribution in [0.25, 0.3) is 0 Å². The Morgan fingerprint density at radius 3 is 1.04 bits per heavy atom. The first-order chi connectivity index (χ1) is 11.1. The minimum atomic E-state index is -0.0742. The molecule has 0 unspecified atom stereocenters. The van der Waals surface area contributed by atoms with Crippen LogP contribution in [0.15, 0.2) is 23.0 Å². The molecule has 0 fully saturated rings. The van der Waals surface area contributed by atoms with E-state index in [1.54, 1.807) is 0 Å². The van der Waals surface area contributed by atoms with E-state index in [0.29, 0.717) is 0 Å². The van der Waals surface area contributed by atoms with Crippen molar-refractivity contribution in [3.05, 3.63) is 23.0 Å². The predicted octanol–water partition coefficient (Wildman–Crippen LogP) is 7.30. The van der Waals surface area contributed by atoms with Gasteiger partial charge in [-0.3, -0.25) is 0 Å². The third-order valence-electron chi connectivity index (χ3n) is 4.13. The Hall–Kier alpha value is -1.12. The average Bonchev–Trinajstić information content (AvgIpc) is 2.54. The zero-order valence-corrected chi connectivity index (χ0v) is 15.8. The van der Waals surface area contributed by atoms with Gasteiger partial charge in [-0.15, -0.1) is 0 Å². The first kappa shape index (κ1) is 21.9. The van der Waals surface area contributed by atoms with Crippen molar-refractivity contribution in [1.82, 2.24) is 0 Å². The molecule has 0 aromatic carbocycles. The molecule has 0 aliphatic carbocycles. The second kappa shape index (κ2) is 14.5. The van der Waals surface area contributed by atoms with Gasteiger partial charge in [-0.25, -0.2) is 0 Å². The van der Waals surface area contributed by atoms with E-state index in [-0.39, 0.29) is 11.9 Å². The number of hydrogen-bond acceptors (Lipinski definition) is 3. The fourth-order valence-electron chi connectivity index (χ4n) is 2.47. The third-order valence-corrected chi connectivity index (χ3v) is 4.13. The Morgan fingerprint density at radius 1 is 0.565 bits per heavy atom. The molecule has 0 bridgehead atoms. The molecule has 0 heterocycles. The van der Waals surface area contributed by atoms with E-state index in [0.717, 1.165) is 88.2 Å². The summed E-state index contributed by atoms with van der Waals surface area (Å²) in [7, 11) is 0. The SMILES string of the molecule is CCCCC(CCCC)=C(O)OC(O)=C(CCCC)CCCC. The lowest BCUT2D eigenvalue weighted by Crippen LogP contribution is -2.02. The van der Waals surface area contributed by atoms with Gasteiger partial charge in [0.2, 0.25) is 0 Å². The van der Waals surface area contributed by atoms with Gasteiger partial charge in [0.1, 0.15) is 0 Å². The Bertz CT molecular complexity index is 302. The van der Waals surface area contributed by atoms with Crippen molar-refractivity contribution in [2.24, 2.45) is 0 Å². The van der Waals surface area contributed by atoms with Gasteiger partial charge in [0.15, 0.2) is 0 Å². The van der Waals surface area contributed by atoms with Crippen molar-refractivity contribution in [3.8, 4) is 0 Å². The normalized spacial score (nSPS) is 10.4. The minimum absolute atomic E-state index is 0.0742. The third kappa shape index (κ3) is 10.3. The van der Waals surface area contributed by atoms with Gasteiger partial charge < -0.3 is 14.9 Å². The summed E-state index contributed by atoms with van der Waals surface area (Å²) in [5, 5.41) is 20.6. The fourth-order valence-corrected chi connectivity index (χ4v) is 2.47. The van der Waals surface area contributed by atoms with Gasteiger partial charge in [-0.1, -0.05) is 53.4 Å². The highest BCUT2D eigenvalue weighted by atomic mass is 16.7. The Kier molecular flexibility index (Phi) is 13.8. The molecule has 0 saturated carbocycles. The summed E-state index contributed by atoms with van der Waals surface area (Å²) >= 11 is 0. The molecular weight excluding hydrogens is 288 g/mol. The first-order valence-electron chi connectivity index (χ1n) is 9.60. The molecule has 2 N–H and O–H groups in total. The lowest BCUT2D eigenvalue weighted by molar-refractivity contribution is 0.0583. The second-order valence-corrected chi connectivity index (χ2v) is 6.33. The highest BCUT2D eigenvalue weighted by Gasteiger charge is 2.13. The van der Waals surface area contributed by atoms with Crippen LogP contribution in [0, 0.1) is 0 Å². The standard InChI is InChI=1S/C20H38O3/c1-5-9-13-17(14-10-6-2)19(21)23-20(22)18(15-11-7-3)16-12-8-4/h21-22H,5-16H2,1-4H3. The van der Waals surface area contributed by atoms with Gasteiger partial charge in [0.25, 0.3) is 11.9 Å². The van der Waals surface area contributed by atoms with Crippen molar-refractivity contribution >= 4 is 0 Å². The molecule has 3 heteroatoms. The zero-order valence-electron chi connectivity index (χ0n) is 15.8. The maximum absolute atomic E-state index is 10.3. The molecule has 0 aromatic heterocycles. The lowest BCUT2D eigenvalue weighted by Gasteiger charge is -2.14. The van der Waals surface area contributed by atoms with Crippen molar-refractivity contribution in [3.63, 3.8) is 0 Å². The maximum atomic E-state index is 10.3. The summed E-state index contributed by atoms with van der Waals surface area (Å²) in [6, 6.07) is 0. The molecule has 3 nitrogen and oxygen atoms in total. The van der Waals surface area contributed by atoms with Crippen LogP contribution in [-0.4, -0.2) is 10.2 Å². The summed E-state index contributed by atoms with van der Waals surface area (Å²) in [4.78, 5) is 0. The van der Waals surface area contributed by atoms with E-state index in [9.17, 15) is 10.2 Å².